The number of benzene rings is 2. The fourth-order valence-corrected chi connectivity index (χ4v) is 4.04. The maximum atomic E-state index is 13.8. The minimum Gasteiger partial charge on any atom is -0.466 e. The first-order valence-electron chi connectivity index (χ1n) is 11.0. The highest BCUT2D eigenvalue weighted by Crippen LogP contribution is 2.48. The van der Waals surface area contributed by atoms with Gasteiger partial charge < -0.3 is 18.9 Å². The van der Waals surface area contributed by atoms with Crippen LogP contribution in [0, 0.1) is 12.3 Å². The first-order valence-corrected chi connectivity index (χ1v) is 11.0. The maximum Gasteiger partial charge on any atom is 0.344 e. The number of hydrogen-bond donors (Lipinski definition) is 0. The summed E-state index contributed by atoms with van der Waals surface area (Å²) in [6, 6.07) is 15.8. The van der Waals surface area contributed by atoms with Crippen molar-refractivity contribution < 1.29 is 33.3 Å². The molecule has 0 spiro atoms. The molecule has 0 fully saturated rings. The lowest BCUT2D eigenvalue weighted by Gasteiger charge is -2.33. The predicted molar refractivity (Wildman–Crippen MR) is 128 cm³/mol. The number of esters is 3. The van der Waals surface area contributed by atoms with Crippen LogP contribution in [0.4, 0.5) is 0 Å². The van der Waals surface area contributed by atoms with Gasteiger partial charge in [-0.2, -0.15) is 0 Å². The van der Waals surface area contributed by atoms with Crippen LogP contribution in [0.5, 0.6) is 0 Å². The van der Waals surface area contributed by atoms with E-state index in [0.29, 0.717) is 16.7 Å². The van der Waals surface area contributed by atoms with E-state index >= 15 is 0 Å². The Balaban J connectivity index is 2.36. The van der Waals surface area contributed by atoms with Gasteiger partial charge in [0.25, 0.3) is 0 Å². The molecule has 0 N–H and O–H groups in total. The average Bonchev–Trinajstić information content (AvgIpc) is 3.18. The summed E-state index contributed by atoms with van der Waals surface area (Å²) in [6.45, 7) is 5.10. The molecule has 0 saturated heterocycles. The van der Waals surface area contributed by atoms with Crippen LogP contribution in [0.2, 0.25) is 0 Å². The van der Waals surface area contributed by atoms with E-state index in [4.69, 9.17) is 25.4 Å². The van der Waals surface area contributed by atoms with Crippen molar-refractivity contribution in [3.05, 3.63) is 82.4 Å². The van der Waals surface area contributed by atoms with Crippen molar-refractivity contribution in [2.45, 2.75) is 44.5 Å². The fourth-order valence-electron chi connectivity index (χ4n) is 4.04. The van der Waals surface area contributed by atoms with Gasteiger partial charge in [-0.05, 0) is 32.4 Å². The van der Waals surface area contributed by atoms with Crippen LogP contribution >= 0.6 is 0 Å². The maximum absolute atomic E-state index is 13.8. The van der Waals surface area contributed by atoms with E-state index in [1.165, 1.54) is 7.11 Å². The Morgan fingerprint density at radius 1 is 0.971 bits per heavy atom. The van der Waals surface area contributed by atoms with Gasteiger partial charge in [0.1, 0.15) is 11.7 Å². The molecule has 0 amide bonds. The molecule has 1 aliphatic heterocycles. The predicted octanol–water partition coefficient (Wildman–Crippen LogP) is 3.71. The number of methoxy groups -OCH3 is 2. The van der Waals surface area contributed by atoms with Crippen molar-refractivity contribution >= 4 is 17.9 Å². The van der Waals surface area contributed by atoms with Crippen LogP contribution in [-0.2, 0) is 39.8 Å². The Bertz CT molecular complexity index is 1200. The van der Waals surface area contributed by atoms with Crippen LogP contribution in [0.15, 0.2) is 65.7 Å². The lowest BCUT2D eigenvalue weighted by molar-refractivity contribution is -0.182. The molecule has 7 heteroatoms. The van der Waals surface area contributed by atoms with Crippen LogP contribution in [0.3, 0.4) is 0 Å². The molecule has 2 aromatic rings. The molecule has 2 atom stereocenters. The minimum absolute atomic E-state index is 0.0948. The van der Waals surface area contributed by atoms with Gasteiger partial charge in [-0.3, -0.25) is 0 Å². The van der Waals surface area contributed by atoms with Crippen LogP contribution in [0.1, 0.15) is 43.6 Å². The van der Waals surface area contributed by atoms with Crippen LogP contribution in [0.25, 0.3) is 0 Å². The van der Waals surface area contributed by atoms with Gasteiger partial charge in [-0.1, -0.05) is 54.5 Å². The highest BCUT2D eigenvalue weighted by Gasteiger charge is 2.59. The summed E-state index contributed by atoms with van der Waals surface area (Å²) in [6.07, 6.45) is 4.43. The molecular weight excluding hydrogens is 448 g/mol. The third kappa shape index (κ3) is 5.13. The Kier molecular flexibility index (Phi) is 7.47. The zero-order valence-corrected chi connectivity index (χ0v) is 20.4. The lowest BCUT2D eigenvalue weighted by atomic mass is 9.84. The zero-order chi connectivity index (χ0) is 25.8. The number of ether oxygens (including phenoxy) is 4. The molecule has 7 nitrogen and oxygen atoms in total. The van der Waals surface area contributed by atoms with Crippen molar-refractivity contribution in [3.63, 3.8) is 0 Å². The largest absolute Gasteiger partial charge is 0.466 e. The molecule has 0 bridgehead atoms. The van der Waals surface area contributed by atoms with E-state index in [1.54, 1.807) is 69.3 Å². The molecule has 2 aromatic carbocycles. The molecule has 0 radical (unpaired) electrons. The molecule has 3 rings (SSSR count). The number of carbonyl (C=O) groups is 3. The van der Waals surface area contributed by atoms with Crippen molar-refractivity contribution in [1.29, 1.82) is 0 Å². The second-order valence-corrected chi connectivity index (χ2v) is 8.99. The Morgan fingerprint density at radius 3 is 2.14 bits per heavy atom. The third-order valence-electron chi connectivity index (χ3n) is 5.47. The quantitative estimate of drug-likeness (QED) is 0.357. The molecule has 0 unspecified atom stereocenters. The summed E-state index contributed by atoms with van der Waals surface area (Å²) in [5, 5.41) is 0. The highest BCUT2D eigenvalue weighted by molar-refractivity contribution is 6.09. The number of hydrogen-bond acceptors (Lipinski definition) is 7. The third-order valence-corrected chi connectivity index (χ3v) is 5.47. The summed E-state index contributed by atoms with van der Waals surface area (Å²) < 4.78 is 22.2. The first-order chi connectivity index (χ1) is 16.6. The fraction of sp³-hybridized carbons (Fsp3) is 0.321. The van der Waals surface area contributed by atoms with Gasteiger partial charge in [-0.15, -0.1) is 6.42 Å². The zero-order valence-electron chi connectivity index (χ0n) is 20.4. The van der Waals surface area contributed by atoms with Gasteiger partial charge in [-0.25, -0.2) is 14.4 Å². The summed E-state index contributed by atoms with van der Waals surface area (Å²) in [7, 11) is 2.34. The highest BCUT2D eigenvalue weighted by atomic mass is 16.6. The van der Waals surface area contributed by atoms with Gasteiger partial charge in [0.15, 0.2) is 0 Å². The van der Waals surface area contributed by atoms with Crippen molar-refractivity contribution in [2.75, 3.05) is 14.2 Å². The molecule has 1 aliphatic rings. The Hall–Kier alpha value is -3.89. The molecule has 1 heterocycles. The summed E-state index contributed by atoms with van der Waals surface area (Å²) in [4.78, 5) is 40.2. The Labute approximate surface area is 205 Å². The van der Waals surface area contributed by atoms with Gasteiger partial charge in [0, 0.05) is 17.5 Å². The number of rotatable bonds is 6. The standard InChI is InChI=1S/C28H28O7/c1-7-19-15-11-12-16-20(19)23-21(24(29)32-5)22(25(30)33-6)28(34-23,26(31)35-27(2,3)4)17-18-13-9-8-10-14-18/h1,8-16,23H,17H2,2-6H3/t23-,28-/m0/s1. The van der Waals surface area contributed by atoms with E-state index in [-0.39, 0.29) is 17.6 Å². The topological polar surface area (TPSA) is 88.1 Å². The van der Waals surface area contributed by atoms with E-state index in [2.05, 4.69) is 5.92 Å². The summed E-state index contributed by atoms with van der Waals surface area (Å²) in [5.41, 5.74) is -1.82. The number of terminal acetylenes is 1. The molecule has 0 saturated carbocycles. The van der Waals surface area contributed by atoms with Crippen LogP contribution < -0.4 is 0 Å². The van der Waals surface area contributed by atoms with Crippen molar-refractivity contribution in [2.24, 2.45) is 0 Å². The van der Waals surface area contributed by atoms with Gasteiger partial charge >= 0.3 is 17.9 Å². The second-order valence-electron chi connectivity index (χ2n) is 8.99. The van der Waals surface area contributed by atoms with Crippen molar-refractivity contribution in [3.8, 4) is 12.3 Å². The molecule has 35 heavy (non-hydrogen) atoms. The Morgan fingerprint density at radius 2 is 1.57 bits per heavy atom. The summed E-state index contributed by atoms with van der Waals surface area (Å²) >= 11 is 0. The molecular formula is C28H28O7. The monoisotopic (exact) mass is 476 g/mol. The average molecular weight is 477 g/mol. The molecule has 0 aliphatic carbocycles. The lowest BCUT2D eigenvalue weighted by Crippen LogP contribution is -2.49. The van der Waals surface area contributed by atoms with E-state index in [1.807, 2.05) is 6.07 Å². The SMILES string of the molecule is C#Cc1ccccc1[C@@H]1O[C@](Cc2ccccc2)(C(=O)OC(C)(C)C)C(C(=O)OC)=C1C(=O)OC. The normalized spacial score (nSPS) is 19.6. The van der Waals surface area contributed by atoms with Crippen LogP contribution in [-0.4, -0.2) is 43.3 Å². The summed E-state index contributed by atoms with van der Waals surface area (Å²) in [5.74, 6) is -0.0272. The van der Waals surface area contributed by atoms with E-state index < -0.39 is 35.2 Å². The van der Waals surface area contributed by atoms with Crippen molar-refractivity contribution in [1.82, 2.24) is 0 Å². The van der Waals surface area contributed by atoms with E-state index in [0.717, 1.165) is 7.11 Å². The number of carbonyl (C=O) groups excluding carboxylic acids is 3. The molecule has 0 aromatic heterocycles. The van der Waals surface area contributed by atoms with Gasteiger partial charge in [0.05, 0.1) is 25.4 Å². The first kappa shape index (κ1) is 25.7. The molecule has 182 valence electrons. The smallest absolute Gasteiger partial charge is 0.344 e. The van der Waals surface area contributed by atoms with Gasteiger partial charge in [0.2, 0.25) is 5.60 Å². The minimum atomic E-state index is -2.00. The second kappa shape index (κ2) is 10.2. The van der Waals surface area contributed by atoms with E-state index in [9.17, 15) is 14.4 Å².